The van der Waals surface area contributed by atoms with E-state index in [0.29, 0.717) is 24.4 Å². The van der Waals surface area contributed by atoms with Crippen molar-refractivity contribution in [3.8, 4) is 0 Å². The monoisotopic (exact) mass is 322 g/mol. The molecule has 1 aliphatic rings. The molecule has 1 fully saturated rings. The third-order valence-electron chi connectivity index (χ3n) is 4.83. The Morgan fingerprint density at radius 3 is 2.64 bits per heavy atom. The van der Waals surface area contributed by atoms with Gasteiger partial charge in [-0.1, -0.05) is 50.4 Å². The number of carbonyl (C=O) groups excluding carboxylic acids is 1. The molecule has 0 aliphatic heterocycles. The minimum atomic E-state index is 0.127. The van der Waals surface area contributed by atoms with Crippen LogP contribution >= 0.6 is 11.6 Å². The van der Waals surface area contributed by atoms with Crippen LogP contribution in [0.15, 0.2) is 24.3 Å². The van der Waals surface area contributed by atoms with E-state index in [1.54, 1.807) is 0 Å². The van der Waals surface area contributed by atoms with Gasteiger partial charge >= 0.3 is 0 Å². The normalized spacial score (nSPS) is 25.2. The van der Waals surface area contributed by atoms with E-state index in [9.17, 15) is 4.79 Å². The summed E-state index contributed by atoms with van der Waals surface area (Å²) >= 11 is 5.89. The van der Waals surface area contributed by atoms with E-state index in [1.165, 1.54) is 18.4 Å². The molecule has 2 rings (SSSR count). The molecule has 1 amide bonds. The summed E-state index contributed by atoms with van der Waals surface area (Å²) < 4.78 is 0. The van der Waals surface area contributed by atoms with Crippen molar-refractivity contribution in [1.29, 1.82) is 0 Å². The predicted molar refractivity (Wildman–Crippen MR) is 91.9 cm³/mol. The van der Waals surface area contributed by atoms with Gasteiger partial charge in [0, 0.05) is 17.6 Å². The lowest BCUT2D eigenvalue weighted by Crippen LogP contribution is -2.46. The van der Waals surface area contributed by atoms with Crippen LogP contribution in [0.1, 0.15) is 38.7 Å². The zero-order valence-corrected chi connectivity index (χ0v) is 14.6. The quantitative estimate of drug-likeness (QED) is 0.896. The number of halogens is 1. The van der Waals surface area contributed by atoms with Crippen molar-refractivity contribution < 1.29 is 4.79 Å². The summed E-state index contributed by atoms with van der Waals surface area (Å²) in [6.45, 7) is 5.73. The lowest BCUT2D eigenvalue weighted by atomic mass is 9.78. The Labute approximate surface area is 139 Å². The summed E-state index contributed by atoms with van der Waals surface area (Å²) in [5.41, 5.74) is 1.17. The molecule has 22 heavy (non-hydrogen) atoms. The van der Waals surface area contributed by atoms with Crippen molar-refractivity contribution in [3.05, 3.63) is 34.9 Å². The van der Waals surface area contributed by atoms with Crippen molar-refractivity contribution >= 4 is 17.5 Å². The Morgan fingerprint density at radius 1 is 1.27 bits per heavy atom. The number of nitrogens with zero attached hydrogens (tertiary/aromatic N) is 1. The molecule has 0 heterocycles. The number of benzene rings is 1. The first kappa shape index (κ1) is 17.3. The van der Waals surface area contributed by atoms with Gasteiger partial charge in [0.2, 0.25) is 5.91 Å². The van der Waals surface area contributed by atoms with Crippen LogP contribution in [0.4, 0.5) is 0 Å². The summed E-state index contributed by atoms with van der Waals surface area (Å²) in [5.74, 6) is 1.40. The molecule has 0 bridgehead atoms. The number of amides is 1. The minimum Gasteiger partial charge on any atom is -0.352 e. The highest BCUT2D eigenvalue weighted by Crippen LogP contribution is 2.29. The van der Waals surface area contributed by atoms with Crippen LogP contribution in [0, 0.1) is 11.8 Å². The second kappa shape index (κ2) is 7.98. The first-order valence-electron chi connectivity index (χ1n) is 8.18. The largest absolute Gasteiger partial charge is 0.352 e. The van der Waals surface area contributed by atoms with E-state index in [1.807, 2.05) is 36.2 Å². The molecule has 0 unspecified atom stereocenters. The standard InChI is InChI=1S/C18H27ClN2O/c1-13-5-4-6-17(14(13)2)20-18(22)12-21(3)11-15-7-9-16(19)10-8-15/h7-10,13-14,17H,4-6,11-12H2,1-3H3,(H,20,22)/t13-,14-,17+/m1/s1. The zero-order valence-electron chi connectivity index (χ0n) is 13.8. The maximum Gasteiger partial charge on any atom is 0.234 e. The van der Waals surface area contributed by atoms with E-state index in [-0.39, 0.29) is 5.91 Å². The fourth-order valence-electron chi connectivity index (χ4n) is 3.24. The van der Waals surface area contributed by atoms with Gasteiger partial charge in [-0.05, 0) is 43.0 Å². The van der Waals surface area contributed by atoms with Gasteiger partial charge < -0.3 is 5.32 Å². The molecule has 4 heteroatoms. The SMILES string of the molecule is C[C@@H]1[C@H](C)CCC[C@@H]1NC(=O)CN(C)Cc1ccc(Cl)cc1. The smallest absolute Gasteiger partial charge is 0.234 e. The van der Waals surface area contributed by atoms with Crippen LogP contribution in [0.25, 0.3) is 0 Å². The molecule has 1 aromatic rings. The molecule has 1 saturated carbocycles. The third-order valence-corrected chi connectivity index (χ3v) is 5.08. The molecule has 3 atom stereocenters. The maximum absolute atomic E-state index is 12.2. The second-order valence-corrected chi connectivity index (χ2v) is 7.18. The Balaban J connectivity index is 1.79. The number of rotatable bonds is 5. The fraction of sp³-hybridized carbons (Fsp3) is 0.611. The average Bonchev–Trinajstić information content (AvgIpc) is 2.46. The molecule has 0 radical (unpaired) electrons. The zero-order chi connectivity index (χ0) is 16.1. The van der Waals surface area contributed by atoms with E-state index in [0.717, 1.165) is 18.0 Å². The number of likely N-dealkylation sites (N-methyl/N-ethyl adjacent to an activating group) is 1. The molecule has 122 valence electrons. The van der Waals surface area contributed by atoms with Crippen LogP contribution in [-0.2, 0) is 11.3 Å². The van der Waals surface area contributed by atoms with Crippen LogP contribution in [0.3, 0.4) is 0 Å². The van der Waals surface area contributed by atoms with Gasteiger partial charge in [0.1, 0.15) is 0 Å². The molecule has 0 saturated heterocycles. The first-order valence-corrected chi connectivity index (χ1v) is 8.56. The topological polar surface area (TPSA) is 32.3 Å². The van der Waals surface area contributed by atoms with Crippen molar-refractivity contribution in [2.75, 3.05) is 13.6 Å². The Bertz CT molecular complexity index is 488. The van der Waals surface area contributed by atoms with Crippen molar-refractivity contribution in [2.24, 2.45) is 11.8 Å². The summed E-state index contributed by atoms with van der Waals surface area (Å²) in [6, 6.07) is 8.11. The van der Waals surface area contributed by atoms with Gasteiger partial charge in [-0.25, -0.2) is 0 Å². The fourth-order valence-corrected chi connectivity index (χ4v) is 3.37. The number of carbonyl (C=O) groups is 1. The highest BCUT2D eigenvalue weighted by Gasteiger charge is 2.28. The summed E-state index contributed by atoms with van der Waals surface area (Å²) in [5, 5.41) is 3.96. The molecule has 0 aromatic heterocycles. The van der Waals surface area contributed by atoms with Gasteiger partial charge in [-0.2, -0.15) is 0 Å². The first-order chi connectivity index (χ1) is 10.5. The molecular formula is C18H27ClN2O. The molecule has 1 N–H and O–H groups in total. The molecular weight excluding hydrogens is 296 g/mol. The summed E-state index contributed by atoms with van der Waals surface area (Å²) in [7, 11) is 1.97. The van der Waals surface area contributed by atoms with Crippen LogP contribution < -0.4 is 5.32 Å². The van der Waals surface area contributed by atoms with Crippen molar-refractivity contribution in [3.63, 3.8) is 0 Å². The predicted octanol–water partition coefficient (Wildman–Crippen LogP) is 3.71. The molecule has 1 aliphatic carbocycles. The van der Waals surface area contributed by atoms with Crippen molar-refractivity contribution in [1.82, 2.24) is 10.2 Å². The van der Waals surface area contributed by atoms with E-state index >= 15 is 0 Å². The molecule has 3 nitrogen and oxygen atoms in total. The summed E-state index contributed by atoms with van der Waals surface area (Å²) in [6.07, 6.45) is 3.61. The molecule has 0 spiro atoms. The minimum absolute atomic E-state index is 0.127. The highest BCUT2D eigenvalue weighted by molar-refractivity contribution is 6.30. The van der Waals surface area contributed by atoms with Gasteiger partial charge in [0.25, 0.3) is 0 Å². The van der Waals surface area contributed by atoms with Gasteiger partial charge in [-0.3, -0.25) is 9.69 Å². The van der Waals surface area contributed by atoms with Crippen LogP contribution in [-0.4, -0.2) is 30.4 Å². The lowest BCUT2D eigenvalue weighted by molar-refractivity contribution is -0.123. The Kier molecular flexibility index (Phi) is 6.27. The summed E-state index contributed by atoms with van der Waals surface area (Å²) in [4.78, 5) is 14.3. The van der Waals surface area contributed by atoms with Crippen LogP contribution in [0.2, 0.25) is 5.02 Å². The number of hydrogen-bond donors (Lipinski definition) is 1. The average molecular weight is 323 g/mol. The Hall–Kier alpha value is -1.06. The van der Waals surface area contributed by atoms with E-state index < -0.39 is 0 Å². The Morgan fingerprint density at radius 2 is 1.95 bits per heavy atom. The van der Waals surface area contributed by atoms with Crippen LogP contribution in [0.5, 0.6) is 0 Å². The van der Waals surface area contributed by atoms with Gasteiger partial charge in [0.05, 0.1) is 6.54 Å². The van der Waals surface area contributed by atoms with E-state index in [2.05, 4.69) is 19.2 Å². The second-order valence-electron chi connectivity index (χ2n) is 6.74. The lowest BCUT2D eigenvalue weighted by Gasteiger charge is -2.35. The third kappa shape index (κ3) is 4.99. The van der Waals surface area contributed by atoms with Crippen molar-refractivity contribution in [2.45, 2.75) is 45.7 Å². The molecule has 1 aromatic carbocycles. The highest BCUT2D eigenvalue weighted by atomic mass is 35.5. The maximum atomic E-state index is 12.2. The van der Waals surface area contributed by atoms with Gasteiger partial charge in [-0.15, -0.1) is 0 Å². The van der Waals surface area contributed by atoms with Gasteiger partial charge in [0.15, 0.2) is 0 Å². The number of hydrogen-bond acceptors (Lipinski definition) is 2. The van der Waals surface area contributed by atoms with E-state index in [4.69, 9.17) is 11.6 Å². The number of nitrogens with one attached hydrogen (secondary N) is 1.